The maximum Gasteiger partial charge on any atom is 0.387 e. The summed E-state index contributed by atoms with van der Waals surface area (Å²) >= 11 is 7.31. The highest BCUT2D eigenvalue weighted by atomic mass is 35.5. The first kappa shape index (κ1) is 17.9. The third-order valence-corrected chi connectivity index (χ3v) is 4.95. The molecule has 2 aromatic rings. The van der Waals surface area contributed by atoms with Crippen LogP contribution in [-0.4, -0.2) is 30.6 Å². The fourth-order valence-corrected chi connectivity index (χ4v) is 3.65. The highest BCUT2D eigenvalue weighted by molar-refractivity contribution is 7.14. The standard InChI is InChI=1S/C16H16ClF2N3O2S/c17-11-8-10(4-5-13(11)24-15(18)19)20-14(23)12-9-25-16(21-12)22-6-2-1-3-7-22/h4-5,8-9,15H,1-3,6-7H2,(H,20,23). The van der Waals surface area contributed by atoms with E-state index < -0.39 is 6.61 Å². The van der Waals surface area contributed by atoms with Crippen molar-refractivity contribution in [1.29, 1.82) is 0 Å². The Balaban J connectivity index is 1.66. The fourth-order valence-electron chi connectivity index (χ4n) is 2.56. The molecule has 0 radical (unpaired) electrons. The molecule has 1 aromatic heterocycles. The lowest BCUT2D eigenvalue weighted by atomic mass is 10.1. The van der Waals surface area contributed by atoms with E-state index >= 15 is 0 Å². The molecule has 1 N–H and O–H groups in total. The topological polar surface area (TPSA) is 54.5 Å². The minimum Gasteiger partial charge on any atom is -0.433 e. The summed E-state index contributed by atoms with van der Waals surface area (Å²) in [5, 5.41) is 5.19. The summed E-state index contributed by atoms with van der Waals surface area (Å²) in [5.74, 6) is -0.520. The molecule has 25 heavy (non-hydrogen) atoms. The molecule has 9 heteroatoms. The summed E-state index contributed by atoms with van der Waals surface area (Å²) in [7, 11) is 0. The molecule has 1 amide bonds. The van der Waals surface area contributed by atoms with Crippen LogP contribution in [0.1, 0.15) is 29.8 Å². The van der Waals surface area contributed by atoms with Crippen molar-refractivity contribution >= 4 is 39.7 Å². The van der Waals surface area contributed by atoms with Gasteiger partial charge in [-0.15, -0.1) is 11.3 Å². The fraction of sp³-hybridized carbons (Fsp3) is 0.375. The minimum absolute atomic E-state index is 0.00890. The zero-order valence-electron chi connectivity index (χ0n) is 13.2. The van der Waals surface area contributed by atoms with Crippen molar-refractivity contribution < 1.29 is 18.3 Å². The SMILES string of the molecule is O=C(Nc1ccc(OC(F)F)c(Cl)c1)c1csc(N2CCCCC2)n1. The number of hydrogen-bond acceptors (Lipinski definition) is 5. The van der Waals surface area contributed by atoms with Gasteiger partial charge in [-0.1, -0.05) is 11.6 Å². The second-order valence-corrected chi connectivity index (χ2v) is 6.78. The van der Waals surface area contributed by atoms with Crippen LogP contribution in [0.3, 0.4) is 0 Å². The zero-order valence-corrected chi connectivity index (χ0v) is 14.7. The Morgan fingerprint density at radius 3 is 2.76 bits per heavy atom. The third kappa shape index (κ3) is 4.58. The number of thiazole rings is 1. The van der Waals surface area contributed by atoms with E-state index in [0.29, 0.717) is 11.4 Å². The number of hydrogen-bond donors (Lipinski definition) is 1. The van der Waals surface area contributed by atoms with Crippen LogP contribution in [0.15, 0.2) is 23.6 Å². The van der Waals surface area contributed by atoms with Gasteiger partial charge in [-0.05, 0) is 37.5 Å². The quantitative estimate of drug-likeness (QED) is 0.812. The molecule has 0 saturated carbocycles. The summed E-state index contributed by atoms with van der Waals surface area (Å²) in [6.07, 6.45) is 3.49. The van der Waals surface area contributed by atoms with Crippen LogP contribution in [0, 0.1) is 0 Å². The maximum absolute atomic E-state index is 12.3. The van der Waals surface area contributed by atoms with Crippen LogP contribution in [0.4, 0.5) is 19.6 Å². The molecule has 134 valence electrons. The second kappa shape index (κ2) is 7.97. The van der Waals surface area contributed by atoms with E-state index in [4.69, 9.17) is 11.6 Å². The van der Waals surface area contributed by atoms with Gasteiger partial charge in [0.2, 0.25) is 0 Å². The number of alkyl halides is 2. The molecule has 0 unspecified atom stereocenters. The number of piperidine rings is 1. The Morgan fingerprint density at radius 1 is 1.32 bits per heavy atom. The summed E-state index contributed by atoms with van der Waals surface area (Å²) in [6.45, 7) is -1.05. The van der Waals surface area contributed by atoms with Gasteiger partial charge in [0.15, 0.2) is 5.13 Å². The van der Waals surface area contributed by atoms with Gasteiger partial charge in [0.1, 0.15) is 11.4 Å². The van der Waals surface area contributed by atoms with Gasteiger partial charge in [0, 0.05) is 24.2 Å². The van der Waals surface area contributed by atoms with Crippen molar-refractivity contribution in [1.82, 2.24) is 4.98 Å². The molecule has 0 aliphatic carbocycles. The Labute approximate surface area is 152 Å². The van der Waals surface area contributed by atoms with Gasteiger partial charge >= 0.3 is 6.61 Å². The monoisotopic (exact) mass is 387 g/mol. The second-order valence-electron chi connectivity index (χ2n) is 5.54. The Kier molecular flexibility index (Phi) is 5.70. The highest BCUT2D eigenvalue weighted by Gasteiger charge is 2.18. The summed E-state index contributed by atoms with van der Waals surface area (Å²) in [6, 6.07) is 4.08. The van der Waals surface area contributed by atoms with Crippen molar-refractivity contribution in [2.75, 3.05) is 23.3 Å². The van der Waals surface area contributed by atoms with Gasteiger partial charge in [0.05, 0.1) is 5.02 Å². The number of anilines is 2. The molecule has 3 rings (SSSR count). The van der Waals surface area contributed by atoms with E-state index in [9.17, 15) is 13.6 Å². The minimum atomic E-state index is -2.96. The molecule has 1 aliphatic heterocycles. The number of carbonyl (C=O) groups excluding carboxylic acids is 1. The van der Waals surface area contributed by atoms with Crippen LogP contribution in [0.2, 0.25) is 5.02 Å². The summed E-state index contributed by atoms with van der Waals surface area (Å²) in [4.78, 5) is 18.9. The number of carbonyl (C=O) groups is 1. The molecule has 1 saturated heterocycles. The van der Waals surface area contributed by atoms with E-state index in [-0.39, 0.29) is 16.7 Å². The Morgan fingerprint density at radius 2 is 2.08 bits per heavy atom. The number of benzene rings is 1. The number of halogens is 3. The molecule has 1 fully saturated rings. The average molecular weight is 388 g/mol. The molecule has 2 heterocycles. The molecule has 0 atom stereocenters. The first-order valence-electron chi connectivity index (χ1n) is 7.79. The van der Waals surface area contributed by atoms with Crippen molar-refractivity contribution in [2.24, 2.45) is 0 Å². The molecule has 5 nitrogen and oxygen atoms in total. The zero-order chi connectivity index (χ0) is 17.8. The van der Waals surface area contributed by atoms with Gasteiger partial charge < -0.3 is 15.0 Å². The molecular formula is C16H16ClF2N3O2S. The smallest absolute Gasteiger partial charge is 0.387 e. The Hall–Kier alpha value is -1.93. The maximum atomic E-state index is 12.3. The summed E-state index contributed by atoms with van der Waals surface area (Å²) < 4.78 is 28.7. The number of ether oxygens (including phenoxy) is 1. The normalized spacial score (nSPS) is 14.6. The lowest BCUT2D eigenvalue weighted by Crippen LogP contribution is -2.29. The highest BCUT2D eigenvalue weighted by Crippen LogP contribution is 2.29. The van der Waals surface area contributed by atoms with Crippen LogP contribution in [0.5, 0.6) is 5.75 Å². The van der Waals surface area contributed by atoms with E-state index in [1.807, 2.05) is 0 Å². The van der Waals surface area contributed by atoms with Gasteiger partial charge in [-0.2, -0.15) is 8.78 Å². The van der Waals surface area contributed by atoms with Gasteiger partial charge in [0.25, 0.3) is 5.91 Å². The number of rotatable bonds is 5. The first-order valence-corrected chi connectivity index (χ1v) is 9.05. The van der Waals surface area contributed by atoms with Gasteiger partial charge in [-0.25, -0.2) is 4.98 Å². The lowest BCUT2D eigenvalue weighted by Gasteiger charge is -2.25. The van der Waals surface area contributed by atoms with E-state index in [1.165, 1.54) is 36.0 Å². The van der Waals surface area contributed by atoms with E-state index in [0.717, 1.165) is 31.1 Å². The van der Waals surface area contributed by atoms with Crippen LogP contribution in [0.25, 0.3) is 0 Å². The predicted octanol–water partition coefficient (Wildman–Crippen LogP) is 4.64. The number of aromatic nitrogens is 1. The molecular weight excluding hydrogens is 372 g/mol. The third-order valence-electron chi connectivity index (χ3n) is 3.76. The molecule has 0 spiro atoms. The summed E-state index contributed by atoms with van der Waals surface area (Å²) in [5.41, 5.74) is 0.693. The van der Waals surface area contributed by atoms with Crippen molar-refractivity contribution in [3.05, 3.63) is 34.3 Å². The number of nitrogens with zero attached hydrogens (tertiary/aromatic N) is 2. The largest absolute Gasteiger partial charge is 0.433 e. The van der Waals surface area contributed by atoms with Crippen LogP contribution < -0.4 is 15.0 Å². The van der Waals surface area contributed by atoms with Crippen LogP contribution >= 0.6 is 22.9 Å². The Bertz CT molecular complexity index is 751. The first-order chi connectivity index (χ1) is 12.0. The van der Waals surface area contributed by atoms with E-state index in [1.54, 1.807) is 5.38 Å². The lowest BCUT2D eigenvalue weighted by molar-refractivity contribution is -0.0497. The van der Waals surface area contributed by atoms with Crippen LogP contribution in [-0.2, 0) is 0 Å². The van der Waals surface area contributed by atoms with E-state index in [2.05, 4.69) is 19.9 Å². The van der Waals surface area contributed by atoms with Crippen molar-refractivity contribution in [3.63, 3.8) is 0 Å². The average Bonchev–Trinajstić information content (AvgIpc) is 3.08. The van der Waals surface area contributed by atoms with Gasteiger partial charge in [-0.3, -0.25) is 4.79 Å². The molecule has 1 aliphatic rings. The van der Waals surface area contributed by atoms with Crippen molar-refractivity contribution in [3.8, 4) is 5.75 Å². The predicted molar refractivity (Wildman–Crippen MR) is 94.2 cm³/mol. The molecule has 0 bridgehead atoms. The number of amides is 1. The number of nitrogens with one attached hydrogen (secondary N) is 1. The molecule has 1 aromatic carbocycles. The van der Waals surface area contributed by atoms with Crippen molar-refractivity contribution in [2.45, 2.75) is 25.9 Å².